The van der Waals surface area contributed by atoms with Gasteiger partial charge in [-0.1, -0.05) is 43.0 Å². The van der Waals surface area contributed by atoms with E-state index in [0.29, 0.717) is 25.3 Å². The summed E-state index contributed by atoms with van der Waals surface area (Å²) in [6, 6.07) is 15.6. The number of nitrogens with one attached hydrogen (secondary N) is 2. The minimum Gasteiger partial charge on any atom is -0.489 e. The summed E-state index contributed by atoms with van der Waals surface area (Å²) in [6.07, 6.45) is 2.52. The van der Waals surface area contributed by atoms with Gasteiger partial charge >= 0.3 is 0 Å². The van der Waals surface area contributed by atoms with Crippen LogP contribution in [-0.2, 0) is 13.0 Å². The van der Waals surface area contributed by atoms with E-state index >= 15 is 0 Å². The van der Waals surface area contributed by atoms with Crippen molar-refractivity contribution in [2.75, 3.05) is 33.8 Å². The van der Waals surface area contributed by atoms with E-state index in [4.69, 9.17) is 4.74 Å². The van der Waals surface area contributed by atoms with Crippen molar-refractivity contribution >= 4 is 11.9 Å². The highest BCUT2D eigenvalue weighted by atomic mass is 16.5. The predicted molar refractivity (Wildman–Crippen MR) is 123 cm³/mol. The van der Waals surface area contributed by atoms with Crippen LogP contribution in [0, 0.1) is 0 Å². The number of benzene rings is 2. The fourth-order valence-electron chi connectivity index (χ4n) is 2.87. The summed E-state index contributed by atoms with van der Waals surface area (Å²) in [7, 11) is 3.52. The maximum absolute atomic E-state index is 12.1. The third kappa shape index (κ3) is 7.28. The average Bonchev–Trinajstić information content (AvgIpc) is 2.76. The lowest BCUT2D eigenvalue weighted by molar-refractivity contribution is 0.0827. The zero-order valence-electron chi connectivity index (χ0n) is 18.1. The van der Waals surface area contributed by atoms with Crippen LogP contribution < -0.4 is 15.4 Å². The third-order valence-corrected chi connectivity index (χ3v) is 4.37. The normalized spacial score (nSPS) is 11.0. The Morgan fingerprint density at radius 1 is 1.17 bits per heavy atom. The number of amides is 1. The van der Waals surface area contributed by atoms with Gasteiger partial charge < -0.3 is 20.3 Å². The van der Waals surface area contributed by atoms with Gasteiger partial charge in [-0.25, -0.2) is 4.99 Å². The lowest BCUT2D eigenvalue weighted by Gasteiger charge is -2.13. The van der Waals surface area contributed by atoms with Crippen LogP contribution in [0.15, 0.2) is 66.2 Å². The smallest absolute Gasteiger partial charge is 0.253 e. The van der Waals surface area contributed by atoms with Gasteiger partial charge in [-0.3, -0.25) is 4.79 Å². The van der Waals surface area contributed by atoms with Gasteiger partial charge in [0.1, 0.15) is 12.4 Å². The molecule has 0 saturated carbocycles. The molecule has 0 fully saturated rings. The first-order valence-electron chi connectivity index (χ1n) is 10.2. The van der Waals surface area contributed by atoms with Crippen LogP contribution in [0.25, 0.3) is 0 Å². The molecular weight excluding hydrogens is 376 g/mol. The van der Waals surface area contributed by atoms with Crippen molar-refractivity contribution in [2.24, 2.45) is 4.99 Å². The van der Waals surface area contributed by atoms with Gasteiger partial charge in [-0.2, -0.15) is 0 Å². The lowest BCUT2D eigenvalue weighted by Crippen LogP contribution is -2.38. The van der Waals surface area contributed by atoms with Gasteiger partial charge in [0.2, 0.25) is 0 Å². The van der Waals surface area contributed by atoms with Crippen LogP contribution >= 0.6 is 0 Å². The van der Waals surface area contributed by atoms with Gasteiger partial charge in [0.15, 0.2) is 5.96 Å². The Bertz CT molecular complexity index is 862. The number of carbonyl (C=O) groups is 1. The minimum atomic E-state index is 0.0112. The number of para-hydroxylation sites is 1. The molecule has 2 aromatic rings. The van der Waals surface area contributed by atoms with E-state index in [2.05, 4.69) is 22.2 Å². The summed E-state index contributed by atoms with van der Waals surface area (Å²) in [5.41, 5.74) is 2.83. The first-order chi connectivity index (χ1) is 14.5. The van der Waals surface area contributed by atoms with E-state index in [1.807, 2.05) is 55.5 Å². The molecule has 0 bridgehead atoms. The van der Waals surface area contributed by atoms with Crippen LogP contribution in [0.2, 0.25) is 0 Å². The monoisotopic (exact) mass is 408 g/mol. The van der Waals surface area contributed by atoms with E-state index in [1.165, 1.54) is 0 Å². The summed E-state index contributed by atoms with van der Waals surface area (Å²) in [6.45, 7) is 8.18. The fourth-order valence-corrected chi connectivity index (χ4v) is 2.87. The Kier molecular flexibility index (Phi) is 9.45. The molecule has 160 valence electrons. The van der Waals surface area contributed by atoms with Gasteiger partial charge in [0, 0.05) is 38.3 Å². The van der Waals surface area contributed by atoms with E-state index < -0.39 is 0 Å². The maximum atomic E-state index is 12.1. The highest BCUT2D eigenvalue weighted by Gasteiger charge is 2.08. The zero-order chi connectivity index (χ0) is 21.8. The number of hydrogen-bond donors (Lipinski definition) is 2. The summed E-state index contributed by atoms with van der Waals surface area (Å²) in [5.74, 6) is 1.58. The molecule has 30 heavy (non-hydrogen) atoms. The minimum absolute atomic E-state index is 0.0112. The van der Waals surface area contributed by atoms with Crippen molar-refractivity contribution in [1.29, 1.82) is 0 Å². The van der Waals surface area contributed by atoms with Crippen LogP contribution in [-0.4, -0.2) is 50.6 Å². The number of hydrogen-bond acceptors (Lipinski definition) is 3. The van der Waals surface area contributed by atoms with Gasteiger partial charge in [0.05, 0.1) is 6.54 Å². The third-order valence-electron chi connectivity index (χ3n) is 4.37. The average molecular weight is 409 g/mol. The van der Waals surface area contributed by atoms with Crippen LogP contribution in [0.4, 0.5) is 0 Å². The zero-order valence-corrected chi connectivity index (χ0v) is 18.1. The van der Waals surface area contributed by atoms with E-state index in [9.17, 15) is 4.79 Å². The molecule has 2 rings (SSSR count). The molecule has 2 aromatic carbocycles. The van der Waals surface area contributed by atoms with Gasteiger partial charge in [0.25, 0.3) is 5.91 Å². The Hall–Kier alpha value is -3.28. The number of rotatable bonds is 10. The highest BCUT2D eigenvalue weighted by molar-refractivity contribution is 5.94. The standard InChI is InChI=1S/C24H32N4O2/c1-5-16-30-22-13-8-7-11-21(22)18-27-24(25-6-2)26-15-14-19-10-9-12-20(17-19)23(29)28(3)4/h5,7-13,17H,1,6,14-16,18H2,2-4H3,(H2,25,26,27). The van der Waals surface area contributed by atoms with Crippen molar-refractivity contribution < 1.29 is 9.53 Å². The highest BCUT2D eigenvalue weighted by Crippen LogP contribution is 2.18. The largest absolute Gasteiger partial charge is 0.489 e. The maximum Gasteiger partial charge on any atom is 0.253 e. The molecule has 0 atom stereocenters. The predicted octanol–water partition coefficient (Wildman–Crippen LogP) is 3.25. The van der Waals surface area contributed by atoms with Gasteiger partial charge in [-0.05, 0) is 37.1 Å². The second kappa shape index (κ2) is 12.3. The topological polar surface area (TPSA) is 66.0 Å². The van der Waals surface area contributed by atoms with Crippen LogP contribution in [0.1, 0.15) is 28.4 Å². The van der Waals surface area contributed by atoms with E-state index in [1.54, 1.807) is 25.1 Å². The number of aliphatic imine (C=N–C) groups is 1. The Morgan fingerprint density at radius 3 is 2.70 bits per heavy atom. The molecule has 0 heterocycles. The fraction of sp³-hybridized carbons (Fsp3) is 0.333. The summed E-state index contributed by atoms with van der Waals surface area (Å²) >= 11 is 0. The molecule has 0 aliphatic rings. The van der Waals surface area contributed by atoms with Crippen molar-refractivity contribution in [3.05, 3.63) is 77.9 Å². The molecule has 6 heteroatoms. The summed E-state index contributed by atoms with van der Waals surface area (Å²) in [5, 5.41) is 6.63. The number of nitrogens with zero attached hydrogens (tertiary/aromatic N) is 2. The van der Waals surface area contributed by atoms with Crippen molar-refractivity contribution in [3.63, 3.8) is 0 Å². The second-order valence-electron chi connectivity index (χ2n) is 6.98. The molecule has 0 saturated heterocycles. The Balaban J connectivity index is 1.97. The van der Waals surface area contributed by atoms with Crippen molar-refractivity contribution in [3.8, 4) is 5.75 Å². The Labute approximate surface area is 179 Å². The number of carbonyl (C=O) groups excluding carboxylic acids is 1. The van der Waals surface area contributed by atoms with Crippen LogP contribution in [0.3, 0.4) is 0 Å². The first-order valence-corrected chi connectivity index (χ1v) is 10.2. The molecule has 0 radical (unpaired) electrons. The summed E-state index contributed by atoms with van der Waals surface area (Å²) in [4.78, 5) is 18.4. The molecule has 0 unspecified atom stereocenters. The molecule has 0 aromatic heterocycles. The molecule has 6 nitrogen and oxygen atoms in total. The Morgan fingerprint density at radius 2 is 1.97 bits per heavy atom. The first kappa shape index (κ1) is 23.0. The SMILES string of the molecule is C=CCOc1ccccc1CN=C(NCC)NCCc1cccc(C(=O)N(C)C)c1. The van der Waals surface area contributed by atoms with Crippen molar-refractivity contribution in [2.45, 2.75) is 19.9 Å². The molecular formula is C24H32N4O2. The quantitative estimate of drug-likeness (QED) is 0.360. The molecule has 0 spiro atoms. The number of ether oxygens (including phenoxy) is 1. The molecule has 2 N–H and O–H groups in total. The van der Waals surface area contributed by atoms with Crippen LogP contribution in [0.5, 0.6) is 5.75 Å². The molecule has 0 aliphatic heterocycles. The van der Waals surface area contributed by atoms with E-state index in [-0.39, 0.29) is 5.91 Å². The van der Waals surface area contributed by atoms with Gasteiger partial charge in [-0.15, -0.1) is 0 Å². The lowest BCUT2D eigenvalue weighted by atomic mass is 10.1. The molecule has 0 aliphatic carbocycles. The summed E-state index contributed by atoms with van der Waals surface area (Å²) < 4.78 is 5.71. The second-order valence-corrected chi connectivity index (χ2v) is 6.98. The number of guanidine groups is 1. The van der Waals surface area contributed by atoms with Crippen molar-refractivity contribution in [1.82, 2.24) is 15.5 Å². The molecule has 1 amide bonds. The van der Waals surface area contributed by atoms with E-state index in [0.717, 1.165) is 35.8 Å².